The Kier molecular flexibility index (Phi) is 4.33. The first-order valence-corrected chi connectivity index (χ1v) is 9.04. The Morgan fingerprint density at radius 3 is 2.00 bits per heavy atom. The predicted octanol–water partition coefficient (Wildman–Crippen LogP) is 5.38. The molecule has 2 aromatic carbocycles. The van der Waals surface area contributed by atoms with Crippen LogP contribution in [0.5, 0.6) is 0 Å². The molecule has 0 N–H and O–H groups in total. The average molecular weight is 366 g/mol. The summed E-state index contributed by atoms with van der Waals surface area (Å²) in [5.41, 5.74) is 3.47. The van der Waals surface area contributed by atoms with Gasteiger partial charge in [-0.25, -0.2) is 0 Å². The largest absolute Gasteiger partial charge is 0.461 e. The summed E-state index contributed by atoms with van der Waals surface area (Å²) in [6.45, 7) is 0. The number of carbonyl (C=O) groups excluding carboxylic acids is 1. The number of hydrogen-bond donors (Lipinski definition) is 0. The van der Waals surface area contributed by atoms with Gasteiger partial charge in [-0.15, -0.1) is 0 Å². The molecule has 0 amide bonds. The number of carbonyl (C=O) groups is 1. The average Bonchev–Trinajstić information content (AvgIpc) is 3.13. The minimum Gasteiger partial charge on any atom is -0.461 e. The zero-order valence-electron chi connectivity index (χ0n) is 14.7. The summed E-state index contributed by atoms with van der Waals surface area (Å²) in [4.78, 5) is 15.0. The van der Waals surface area contributed by atoms with Crippen LogP contribution in [0, 0.1) is 5.92 Å². The summed E-state index contributed by atoms with van der Waals surface area (Å²) in [6, 6.07) is 19.7. The zero-order valence-corrected chi connectivity index (χ0v) is 15.5. The van der Waals surface area contributed by atoms with E-state index in [-0.39, 0.29) is 23.5 Å². The number of anilines is 1. The van der Waals surface area contributed by atoms with Gasteiger partial charge in [0.15, 0.2) is 5.76 Å². The van der Waals surface area contributed by atoms with Crippen LogP contribution in [-0.2, 0) is 0 Å². The summed E-state index contributed by atoms with van der Waals surface area (Å²) in [7, 11) is 4.04. The Hall–Kier alpha value is -2.52. The van der Waals surface area contributed by atoms with Crippen LogP contribution in [0.25, 0.3) is 0 Å². The van der Waals surface area contributed by atoms with Crippen molar-refractivity contribution in [3.05, 3.63) is 88.8 Å². The van der Waals surface area contributed by atoms with Gasteiger partial charge < -0.3 is 9.32 Å². The molecule has 4 heteroatoms. The first kappa shape index (κ1) is 16.9. The van der Waals surface area contributed by atoms with E-state index in [1.165, 1.54) is 5.56 Å². The second-order valence-corrected chi connectivity index (χ2v) is 7.39. The monoisotopic (exact) mass is 365 g/mol. The number of furan rings is 1. The lowest BCUT2D eigenvalue weighted by Gasteiger charge is -2.12. The molecule has 3 nitrogen and oxygen atoms in total. The molecule has 0 radical (unpaired) electrons. The summed E-state index contributed by atoms with van der Waals surface area (Å²) in [5, 5.41) is 0.704. The maximum absolute atomic E-state index is 12.9. The van der Waals surface area contributed by atoms with Crippen LogP contribution < -0.4 is 4.90 Å². The van der Waals surface area contributed by atoms with Crippen LogP contribution in [0.1, 0.15) is 33.5 Å². The maximum atomic E-state index is 12.9. The van der Waals surface area contributed by atoms with E-state index in [1.807, 2.05) is 38.4 Å². The number of rotatable bonds is 5. The van der Waals surface area contributed by atoms with E-state index in [1.54, 1.807) is 18.4 Å². The minimum atomic E-state index is -0.104. The van der Waals surface area contributed by atoms with Gasteiger partial charge in [0, 0.05) is 42.6 Å². The van der Waals surface area contributed by atoms with Crippen molar-refractivity contribution in [1.82, 2.24) is 0 Å². The quantitative estimate of drug-likeness (QED) is 0.569. The first-order valence-electron chi connectivity index (χ1n) is 8.67. The third-order valence-electron chi connectivity index (χ3n) is 5.14. The SMILES string of the molecule is CN(C)c1ccc(C2C(C(=O)c3ccco3)C2c2ccc(Cl)cc2)cc1. The highest BCUT2D eigenvalue weighted by atomic mass is 35.5. The molecule has 1 fully saturated rings. The van der Waals surface area contributed by atoms with Crippen LogP contribution in [0.2, 0.25) is 5.02 Å². The van der Waals surface area contributed by atoms with Crippen molar-refractivity contribution in [2.24, 2.45) is 5.92 Å². The van der Waals surface area contributed by atoms with Gasteiger partial charge in [-0.05, 0) is 47.5 Å². The van der Waals surface area contributed by atoms with Gasteiger partial charge in [0.1, 0.15) is 0 Å². The Morgan fingerprint density at radius 2 is 1.50 bits per heavy atom. The van der Waals surface area contributed by atoms with E-state index in [2.05, 4.69) is 29.2 Å². The van der Waals surface area contributed by atoms with Crippen molar-refractivity contribution in [3.8, 4) is 0 Å². The molecular formula is C22H20ClNO2. The third-order valence-corrected chi connectivity index (χ3v) is 5.39. The number of halogens is 1. The summed E-state index contributed by atoms with van der Waals surface area (Å²) >= 11 is 6.03. The topological polar surface area (TPSA) is 33.5 Å². The molecule has 0 bridgehead atoms. The van der Waals surface area contributed by atoms with Crippen molar-refractivity contribution in [3.63, 3.8) is 0 Å². The standard InChI is InChI=1S/C22H20ClNO2/c1-24(2)17-11-7-15(8-12-17)20-19(14-5-9-16(23)10-6-14)21(20)22(25)18-4-3-13-26-18/h3-13,19-21H,1-2H3. The molecule has 1 aliphatic rings. The van der Waals surface area contributed by atoms with Crippen molar-refractivity contribution in [2.75, 3.05) is 19.0 Å². The fourth-order valence-corrected chi connectivity index (χ4v) is 3.86. The number of benzene rings is 2. The van der Waals surface area contributed by atoms with E-state index in [9.17, 15) is 4.79 Å². The molecule has 3 atom stereocenters. The van der Waals surface area contributed by atoms with Gasteiger partial charge in [0.2, 0.25) is 5.78 Å². The van der Waals surface area contributed by atoms with Crippen molar-refractivity contribution in [1.29, 1.82) is 0 Å². The van der Waals surface area contributed by atoms with Crippen molar-refractivity contribution < 1.29 is 9.21 Å². The highest BCUT2D eigenvalue weighted by molar-refractivity contribution is 6.30. The minimum absolute atomic E-state index is 0.0663. The van der Waals surface area contributed by atoms with E-state index in [0.29, 0.717) is 10.8 Å². The van der Waals surface area contributed by atoms with Crippen LogP contribution in [0.4, 0.5) is 5.69 Å². The van der Waals surface area contributed by atoms with Crippen molar-refractivity contribution >= 4 is 23.1 Å². The van der Waals surface area contributed by atoms with E-state index < -0.39 is 0 Å². The first-order chi connectivity index (χ1) is 12.6. The molecule has 0 aliphatic heterocycles. The summed E-state index contributed by atoms with van der Waals surface area (Å²) < 4.78 is 5.36. The normalized spacial score (nSPS) is 21.4. The number of hydrogen-bond acceptors (Lipinski definition) is 3. The maximum Gasteiger partial charge on any atom is 0.202 e. The zero-order chi connectivity index (χ0) is 18.3. The molecule has 26 heavy (non-hydrogen) atoms. The molecule has 1 saturated carbocycles. The van der Waals surface area contributed by atoms with Crippen molar-refractivity contribution in [2.45, 2.75) is 11.8 Å². The second kappa shape index (κ2) is 6.65. The Balaban J connectivity index is 1.67. The third kappa shape index (κ3) is 3.04. The number of Topliss-reactive ketones (excluding diaryl/α,β-unsaturated/α-hetero) is 1. The van der Waals surface area contributed by atoms with E-state index in [0.717, 1.165) is 11.3 Å². The highest BCUT2D eigenvalue weighted by Crippen LogP contribution is 2.61. The fraction of sp³-hybridized carbons (Fsp3) is 0.227. The molecule has 4 rings (SSSR count). The number of ketones is 1. The molecule has 132 valence electrons. The number of nitrogens with zero attached hydrogens (tertiary/aromatic N) is 1. The molecule has 1 aromatic heterocycles. The van der Waals surface area contributed by atoms with E-state index in [4.69, 9.17) is 16.0 Å². The lowest BCUT2D eigenvalue weighted by Crippen LogP contribution is -2.08. The molecule has 0 spiro atoms. The Bertz CT molecular complexity index is 898. The second-order valence-electron chi connectivity index (χ2n) is 6.96. The Labute approximate surface area is 158 Å². The molecule has 1 heterocycles. The lowest BCUT2D eigenvalue weighted by atomic mass is 10.0. The fourth-order valence-electron chi connectivity index (χ4n) is 3.73. The van der Waals surface area contributed by atoms with Crippen LogP contribution in [-0.4, -0.2) is 19.9 Å². The molecular weight excluding hydrogens is 346 g/mol. The smallest absolute Gasteiger partial charge is 0.202 e. The molecule has 3 unspecified atom stereocenters. The predicted molar refractivity (Wildman–Crippen MR) is 104 cm³/mol. The highest BCUT2D eigenvalue weighted by Gasteiger charge is 2.56. The Morgan fingerprint density at radius 1 is 0.923 bits per heavy atom. The summed E-state index contributed by atoms with van der Waals surface area (Å²) in [6.07, 6.45) is 1.55. The van der Waals surface area contributed by atoms with Gasteiger partial charge in [-0.1, -0.05) is 35.9 Å². The molecule has 3 aromatic rings. The van der Waals surface area contributed by atoms with E-state index >= 15 is 0 Å². The van der Waals surface area contributed by atoms with Crippen LogP contribution >= 0.6 is 11.6 Å². The van der Waals surface area contributed by atoms with Crippen LogP contribution in [0.3, 0.4) is 0 Å². The van der Waals surface area contributed by atoms with Gasteiger partial charge in [0.05, 0.1) is 6.26 Å². The van der Waals surface area contributed by atoms with Gasteiger partial charge >= 0.3 is 0 Å². The van der Waals surface area contributed by atoms with Crippen LogP contribution in [0.15, 0.2) is 71.3 Å². The molecule has 0 saturated heterocycles. The van der Waals surface area contributed by atoms with Gasteiger partial charge in [0.25, 0.3) is 0 Å². The summed E-state index contributed by atoms with van der Waals surface area (Å²) in [5.74, 6) is 0.700. The van der Waals surface area contributed by atoms with Gasteiger partial charge in [-0.2, -0.15) is 0 Å². The van der Waals surface area contributed by atoms with Gasteiger partial charge in [-0.3, -0.25) is 4.79 Å². The lowest BCUT2D eigenvalue weighted by molar-refractivity contribution is 0.0935. The molecule has 1 aliphatic carbocycles.